The van der Waals surface area contributed by atoms with Crippen LogP contribution in [0.25, 0.3) is 11.3 Å². The highest BCUT2D eigenvalue weighted by Crippen LogP contribution is 2.27. The summed E-state index contributed by atoms with van der Waals surface area (Å²) in [5.41, 5.74) is 1.28. The van der Waals surface area contributed by atoms with Crippen LogP contribution in [0.3, 0.4) is 0 Å². The van der Waals surface area contributed by atoms with E-state index in [0.29, 0.717) is 16.3 Å². The van der Waals surface area contributed by atoms with Gasteiger partial charge in [0.25, 0.3) is 0 Å². The molecule has 0 aliphatic rings. The number of nitrogens with zero attached hydrogens (tertiary/aromatic N) is 2. The molecule has 0 atom stereocenters. The third-order valence-corrected chi connectivity index (χ3v) is 2.61. The number of hydrogen-bond donors (Lipinski definition) is 1. The third-order valence-electron chi connectivity index (χ3n) is 2.12. The third kappa shape index (κ3) is 2.54. The molecule has 1 aromatic heterocycles. The molecule has 0 saturated heterocycles. The van der Waals surface area contributed by atoms with Gasteiger partial charge in [-0.15, -0.1) is 0 Å². The summed E-state index contributed by atoms with van der Waals surface area (Å²) in [4.78, 5) is 18.5. The van der Waals surface area contributed by atoms with Crippen LogP contribution in [0.2, 0.25) is 10.3 Å². The lowest BCUT2D eigenvalue weighted by molar-refractivity contribution is 0.0697. The summed E-state index contributed by atoms with van der Waals surface area (Å²) in [6, 6.07) is 6.06. The molecule has 0 spiro atoms. The number of benzene rings is 1. The predicted molar refractivity (Wildman–Crippen MR) is 64.4 cm³/mol. The number of rotatable bonds is 2. The molecule has 0 amide bonds. The molecule has 2 aromatic rings. The van der Waals surface area contributed by atoms with E-state index < -0.39 is 5.97 Å². The summed E-state index contributed by atoms with van der Waals surface area (Å²) in [5, 5.41) is 9.23. The standard InChI is InChI=1S/C11H6Cl2N2O2/c12-8-5-6(10(16)17)1-2-7(8)9-3-4-14-11(13)15-9/h1-5H,(H,16,17). The molecular weight excluding hydrogens is 263 g/mol. The minimum absolute atomic E-state index is 0.112. The van der Waals surface area contributed by atoms with Gasteiger partial charge in [-0.1, -0.05) is 17.7 Å². The second-order valence-corrected chi connectivity index (χ2v) is 3.96. The summed E-state index contributed by atoms with van der Waals surface area (Å²) in [6.45, 7) is 0. The zero-order chi connectivity index (χ0) is 12.4. The molecule has 0 unspecified atom stereocenters. The summed E-state index contributed by atoms with van der Waals surface area (Å²) >= 11 is 11.7. The second kappa shape index (κ2) is 4.69. The van der Waals surface area contributed by atoms with Crippen molar-refractivity contribution in [1.29, 1.82) is 0 Å². The average molecular weight is 269 g/mol. The van der Waals surface area contributed by atoms with Gasteiger partial charge in [0.2, 0.25) is 5.28 Å². The van der Waals surface area contributed by atoms with E-state index in [1.807, 2.05) is 0 Å². The first-order valence-corrected chi connectivity index (χ1v) is 5.35. The fourth-order valence-corrected chi connectivity index (χ4v) is 1.77. The van der Waals surface area contributed by atoms with Crippen LogP contribution in [0.5, 0.6) is 0 Å². The van der Waals surface area contributed by atoms with Crippen molar-refractivity contribution in [3.05, 3.63) is 46.3 Å². The SMILES string of the molecule is O=C(O)c1ccc(-c2ccnc(Cl)n2)c(Cl)c1. The van der Waals surface area contributed by atoms with Crippen LogP contribution in [-0.2, 0) is 0 Å². The maximum Gasteiger partial charge on any atom is 0.335 e. The van der Waals surface area contributed by atoms with Gasteiger partial charge < -0.3 is 5.11 Å². The van der Waals surface area contributed by atoms with Gasteiger partial charge in [-0.3, -0.25) is 0 Å². The van der Waals surface area contributed by atoms with Gasteiger partial charge in [-0.25, -0.2) is 14.8 Å². The molecular formula is C11H6Cl2N2O2. The van der Waals surface area contributed by atoms with Gasteiger partial charge in [-0.2, -0.15) is 0 Å². The minimum Gasteiger partial charge on any atom is -0.478 e. The maximum absolute atomic E-state index is 10.7. The highest BCUT2D eigenvalue weighted by atomic mass is 35.5. The Labute approximate surface area is 107 Å². The van der Waals surface area contributed by atoms with E-state index in [4.69, 9.17) is 28.3 Å². The zero-order valence-electron chi connectivity index (χ0n) is 8.39. The monoisotopic (exact) mass is 268 g/mol. The second-order valence-electron chi connectivity index (χ2n) is 3.21. The van der Waals surface area contributed by atoms with E-state index in [9.17, 15) is 4.79 Å². The van der Waals surface area contributed by atoms with Crippen LogP contribution < -0.4 is 0 Å². The molecule has 1 aromatic carbocycles. The van der Waals surface area contributed by atoms with E-state index >= 15 is 0 Å². The summed E-state index contributed by atoms with van der Waals surface area (Å²) in [7, 11) is 0. The summed E-state index contributed by atoms with van der Waals surface area (Å²) in [6.07, 6.45) is 1.51. The Balaban J connectivity index is 2.50. The lowest BCUT2D eigenvalue weighted by Crippen LogP contribution is -1.96. The van der Waals surface area contributed by atoms with Crippen molar-refractivity contribution in [2.24, 2.45) is 0 Å². The number of carbonyl (C=O) groups is 1. The van der Waals surface area contributed by atoms with Crippen molar-refractivity contribution in [3.63, 3.8) is 0 Å². The Morgan fingerprint density at radius 2 is 2.00 bits per heavy atom. The Morgan fingerprint density at radius 1 is 1.24 bits per heavy atom. The van der Waals surface area contributed by atoms with Crippen LogP contribution in [-0.4, -0.2) is 21.0 Å². The fourth-order valence-electron chi connectivity index (χ4n) is 1.34. The minimum atomic E-state index is -1.03. The van der Waals surface area contributed by atoms with E-state index in [1.165, 1.54) is 18.3 Å². The van der Waals surface area contributed by atoms with Crippen molar-refractivity contribution in [3.8, 4) is 11.3 Å². The van der Waals surface area contributed by atoms with E-state index in [-0.39, 0.29) is 10.8 Å². The number of aromatic nitrogens is 2. The maximum atomic E-state index is 10.7. The molecule has 0 fully saturated rings. The van der Waals surface area contributed by atoms with Gasteiger partial charge in [0.1, 0.15) is 0 Å². The normalized spacial score (nSPS) is 10.2. The number of hydrogen-bond acceptors (Lipinski definition) is 3. The predicted octanol–water partition coefficient (Wildman–Crippen LogP) is 3.15. The molecule has 0 bridgehead atoms. The molecule has 86 valence electrons. The van der Waals surface area contributed by atoms with Crippen molar-refractivity contribution < 1.29 is 9.90 Å². The molecule has 0 radical (unpaired) electrons. The zero-order valence-corrected chi connectivity index (χ0v) is 9.90. The van der Waals surface area contributed by atoms with Crippen LogP contribution in [0, 0.1) is 0 Å². The van der Waals surface area contributed by atoms with Crippen molar-refractivity contribution >= 4 is 29.2 Å². The highest BCUT2D eigenvalue weighted by molar-refractivity contribution is 6.33. The fraction of sp³-hybridized carbons (Fsp3) is 0. The topological polar surface area (TPSA) is 63.1 Å². The van der Waals surface area contributed by atoms with E-state index in [0.717, 1.165) is 0 Å². The molecule has 0 aliphatic heterocycles. The molecule has 0 saturated carbocycles. The van der Waals surface area contributed by atoms with Gasteiger partial charge in [0, 0.05) is 11.8 Å². The highest BCUT2D eigenvalue weighted by Gasteiger charge is 2.09. The molecule has 0 aliphatic carbocycles. The van der Waals surface area contributed by atoms with Crippen molar-refractivity contribution in [2.45, 2.75) is 0 Å². The van der Waals surface area contributed by atoms with Crippen LogP contribution in [0.1, 0.15) is 10.4 Å². The molecule has 6 heteroatoms. The first-order chi connectivity index (χ1) is 8.08. The Kier molecular flexibility index (Phi) is 3.26. The summed E-state index contributed by atoms with van der Waals surface area (Å²) < 4.78 is 0. The largest absolute Gasteiger partial charge is 0.478 e. The molecule has 2 rings (SSSR count). The van der Waals surface area contributed by atoms with Crippen LogP contribution in [0.4, 0.5) is 0 Å². The number of carboxylic acid groups (broad SMARTS) is 1. The Morgan fingerprint density at radius 3 is 2.59 bits per heavy atom. The van der Waals surface area contributed by atoms with E-state index in [2.05, 4.69) is 9.97 Å². The lowest BCUT2D eigenvalue weighted by Gasteiger charge is -2.04. The molecule has 1 N–H and O–H groups in total. The van der Waals surface area contributed by atoms with Gasteiger partial charge in [0.05, 0.1) is 16.3 Å². The first kappa shape index (κ1) is 11.8. The lowest BCUT2D eigenvalue weighted by atomic mass is 10.1. The van der Waals surface area contributed by atoms with Crippen LogP contribution in [0.15, 0.2) is 30.5 Å². The first-order valence-electron chi connectivity index (χ1n) is 4.59. The van der Waals surface area contributed by atoms with E-state index in [1.54, 1.807) is 12.1 Å². The van der Waals surface area contributed by atoms with Crippen molar-refractivity contribution in [1.82, 2.24) is 9.97 Å². The summed E-state index contributed by atoms with van der Waals surface area (Å²) in [5.74, 6) is -1.03. The molecule has 17 heavy (non-hydrogen) atoms. The number of halogens is 2. The average Bonchev–Trinajstić information content (AvgIpc) is 2.28. The van der Waals surface area contributed by atoms with Crippen molar-refractivity contribution in [2.75, 3.05) is 0 Å². The quantitative estimate of drug-likeness (QED) is 0.850. The Hall–Kier alpha value is -1.65. The van der Waals surface area contributed by atoms with Gasteiger partial charge >= 0.3 is 5.97 Å². The number of aromatic carboxylic acids is 1. The number of carboxylic acids is 1. The molecule has 4 nitrogen and oxygen atoms in total. The van der Waals surface area contributed by atoms with Crippen LogP contribution >= 0.6 is 23.2 Å². The Bertz CT molecular complexity index is 587. The molecule has 1 heterocycles. The smallest absolute Gasteiger partial charge is 0.335 e. The van der Waals surface area contributed by atoms with Gasteiger partial charge in [0.15, 0.2) is 0 Å². The van der Waals surface area contributed by atoms with Gasteiger partial charge in [-0.05, 0) is 29.8 Å².